The van der Waals surface area contributed by atoms with Crippen molar-refractivity contribution in [1.29, 1.82) is 0 Å². The van der Waals surface area contributed by atoms with Crippen molar-refractivity contribution >= 4 is 5.91 Å². The van der Waals surface area contributed by atoms with Crippen molar-refractivity contribution < 1.29 is 14.3 Å². The number of amides is 1. The number of nitrogens with zero attached hydrogens (tertiary/aromatic N) is 1. The van der Waals surface area contributed by atoms with E-state index in [2.05, 4.69) is 34.5 Å². The number of ether oxygens (including phenoxy) is 2. The predicted molar refractivity (Wildman–Crippen MR) is 115 cm³/mol. The molecule has 29 heavy (non-hydrogen) atoms. The van der Waals surface area contributed by atoms with Crippen LogP contribution >= 0.6 is 0 Å². The molecule has 2 aromatic carbocycles. The Labute approximate surface area is 174 Å². The fourth-order valence-electron chi connectivity index (χ4n) is 3.39. The zero-order chi connectivity index (χ0) is 20.6. The molecule has 0 radical (unpaired) electrons. The summed E-state index contributed by atoms with van der Waals surface area (Å²) in [5.41, 5.74) is 4.54. The smallest absolute Gasteiger partial charge is 0.261 e. The molecule has 0 saturated carbocycles. The molecule has 0 bridgehead atoms. The normalized spacial score (nSPS) is 15.7. The van der Waals surface area contributed by atoms with Gasteiger partial charge in [-0.3, -0.25) is 9.69 Å². The molecule has 1 atom stereocenters. The first kappa shape index (κ1) is 21.3. The lowest BCUT2D eigenvalue weighted by atomic mass is 10.1. The van der Waals surface area contributed by atoms with Gasteiger partial charge in [0.1, 0.15) is 5.75 Å². The monoisotopic (exact) mass is 396 g/mol. The largest absolute Gasteiger partial charge is 0.480 e. The van der Waals surface area contributed by atoms with Gasteiger partial charge >= 0.3 is 0 Å². The molecule has 0 unspecified atom stereocenters. The van der Waals surface area contributed by atoms with Gasteiger partial charge in [-0.2, -0.15) is 0 Å². The number of hydrogen-bond donors (Lipinski definition) is 1. The van der Waals surface area contributed by atoms with Crippen molar-refractivity contribution in [2.75, 3.05) is 26.3 Å². The Morgan fingerprint density at radius 2 is 1.79 bits per heavy atom. The lowest BCUT2D eigenvalue weighted by Gasteiger charge is -2.26. The van der Waals surface area contributed by atoms with Gasteiger partial charge in [-0.25, -0.2) is 0 Å². The molecule has 1 aliphatic heterocycles. The van der Waals surface area contributed by atoms with E-state index in [1.165, 1.54) is 5.56 Å². The fourth-order valence-corrected chi connectivity index (χ4v) is 3.39. The summed E-state index contributed by atoms with van der Waals surface area (Å²) in [6, 6.07) is 14.5. The summed E-state index contributed by atoms with van der Waals surface area (Å²) in [5, 5.41) is 3.01. The van der Waals surface area contributed by atoms with Gasteiger partial charge in [-0.1, -0.05) is 43.3 Å². The minimum absolute atomic E-state index is 0.0780. The molecule has 1 amide bonds. The van der Waals surface area contributed by atoms with Crippen LogP contribution in [0.15, 0.2) is 42.5 Å². The number of morpholine rings is 1. The number of benzene rings is 2. The SMILES string of the molecule is CC[C@H](Oc1cc(C)ccc1C)C(=O)NCc1ccc(CN2CCOCC2)cc1. The molecule has 1 heterocycles. The molecule has 1 saturated heterocycles. The number of carbonyl (C=O) groups excluding carboxylic acids is 1. The molecule has 3 rings (SSSR count). The Balaban J connectivity index is 1.51. The third kappa shape index (κ3) is 6.31. The molecule has 1 aliphatic rings. The first-order valence-electron chi connectivity index (χ1n) is 10.4. The average Bonchev–Trinajstić information content (AvgIpc) is 2.74. The molecule has 0 spiro atoms. The van der Waals surface area contributed by atoms with Gasteiger partial charge in [0.2, 0.25) is 0 Å². The van der Waals surface area contributed by atoms with Crippen LogP contribution in [0.3, 0.4) is 0 Å². The number of hydrogen-bond acceptors (Lipinski definition) is 4. The molecular formula is C24H32N2O3. The van der Waals surface area contributed by atoms with Gasteiger partial charge < -0.3 is 14.8 Å². The molecule has 2 aromatic rings. The van der Waals surface area contributed by atoms with Crippen LogP contribution in [0.2, 0.25) is 0 Å². The van der Waals surface area contributed by atoms with E-state index in [0.717, 1.165) is 55.3 Å². The highest BCUT2D eigenvalue weighted by molar-refractivity contribution is 5.81. The van der Waals surface area contributed by atoms with Crippen molar-refractivity contribution in [3.8, 4) is 5.75 Å². The zero-order valence-corrected chi connectivity index (χ0v) is 17.7. The van der Waals surface area contributed by atoms with Crippen LogP contribution < -0.4 is 10.1 Å². The van der Waals surface area contributed by atoms with Crippen molar-refractivity contribution in [2.45, 2.75) is 46.4 Å². The molecule has 0 aliphatic carbocycles. The van der Waals surface area contributed by atoms with Gasteiger partial charge in [0.15, 0.2) is 6.10 Å². The van der Waals surface area contributed by atoms with Crippen molar-refractivity contribution in [2.24, 2.45) is 0 Å². The lowest BCUT2D eigenvalue weighted by molar-refractivity contribution is -0.128. The summed E-state index contributed by atoms with van der Waals surface area (Å²) in [6.07, 6.45) is 0.133. The van der Waals surface area contributed by atoms with E-state index in [1.54, 1.807) is 0 Å². The zero-order valence-electron chi connectivity index (χ0n) is 17.7. The summed E-state index contributed by atoms with van der Waals surface area (Å²) in [7, 11) is 0. The van der Waals surface area contributed by atoms with E-state index >= 15 is 0 Å². The Bertz CT molecular complexity index is 798. The molecule has 1 N–H and O–H groups in total. The first-order valence-corrected chi connectivity index (χ1v) is 10.4. The Hall–Kier alpha value is -2.37. The van der Waals surface area contributed by atoms with E-state index in [-0.39, 0.29) is 5.91 Å². The number of aryl methyl sites for hydroxylation is 2. The van der Waals surface area contributed by atoms with Crippen LogP contribution in [0.25, 0.3) is 0 Å². The second-order valence-electron chi connectivity index (χ2n) is 7.71. The highest BCUT2D eigenvalue weighted by atomic mass is 16.5. The van der Waals surface area contributed by atoms with E-state index in [9.17, 15) is 4.79 Å². The molecule has 1 fully saturated rings. The van der Waals surface area contributed by atoms with E-state index < -0.39 is 6.10 Å². The van der Waals surface area contributed by atoms with Crippen LogP contribution in [0, 0.1) is 13.8 Å². The highest BCUT2D eigenvalue weighted by Crippen LogP contribution is 2.21. The number of carbonyl (C=O) groups is 1. The van der Waals surface area contributed by atoms with Gasteiger partial charge in [0.25, 0.3) is 5.91 Å². The summed E-state index contributed by atoms with van der Waals surface area (Å²) < 4.78 is 11.4. The number of nitrogens with one attached hydrogen (secondary N) is 1. The van der Waals surface area contributed by atoms with Crippen LogP contribution in [-0.4, -0.2) is 43.2 Å². The summed E-state index contributed by atoms with van der Waals surface area (Å²) in [6.45, 7) is 11.0. The van der Waals surface area contributed by atoms with E-state index in [4.69, 9.17) is 9.47 Å². The predicted octanol–water partition coefficient (Wildman–Crippen LogP) is 3.61. The topological polar surface area (TPSA) is 50.8 Å². The molecule has 0 aromatic heterocycles. The fraction of sp³-hybridized carbons (Fsp3) is 0.458. The quantitative estimate of drug-likeness (QED) is 0.741. The number of rotatable bonds is 8. The van der Waals surface area contributed by atoms with Gasteiger partial charge in [-0.15, -0.1) is 0 Å². The second-order valence-corrected chi connectivity index (χ2v) is 7.71. The Kier molecular flexibility index (Phi) is 7.67. The first-order chi connectivity index (χ1) is 14.0. The van der Waals surface area contributed by atoms with Gasteiger partial charge in [0.05, 0.1) is 13.2 Å². The standard InChI is InChI=1S/C24H32N2O3/c1-4-22(29-23-15-18(2)5-6-19(23)3)24(27)25-16-20-7-9-21(10-8-20)17-26-11-13-28-14-12-26/h5-10,15,22H,4,11-14,16-17H2,1-3H3,(H,25,27)/t22-/m0/s1. The van der Waals surface area contributed by atoms with Crippen molar-refractivity contribution in [1.82, 2.24) is 10.2 Å². The third-order valence-electron chi connectivity index (χ3n) is 5.28. The van der Waals surface area contributed by atoms with Crippen LogP contribution in [0.5, 0.6) is 5.75 Å². The Morgan fingerprint density at radius 1 is 1.10 bits per heavy atom. The molecular weight excluding hydrogens is 364 g/mol. The summed E-state index contributed by atoms with van der Waals surface area (Å²) in [4.78, 5) is 15.0. The van der Waals surface area contributed by atoms with Crippen molar-refractivity contribution in [3.05, 3.63) is 64.7 Å². The van der Waals surface area contributed by atoms with Crippen LogP contribution in [-0.2, 0) is 22.6 Å². The molecule has 156 valence electrons. The maximum atomic E-state index is 12.6. The van der Waals surface area contributed by atoms with Crippen LogP contribution in [0.1, 0.15) is 35.6 Å². The maximum Gasteiger partial charge on any atom is 0.261 e. The minimum Gasteiger partial charge on any atom is -0.480 e. The van der Waals surface area contributed by atoms with E-state index in [0.29, 0.717) is 13.0 Å². The highest BCUT2D eigenvalue weighted by Gasteiger charge is 2.19. The molecule has 5 nitrogen and oxygen atoms in total. The van der Waals surface area contributed by atoms with Crippen molar-refractivity contribution in [3.63, 3.8) is 0 Å². The van der Waals surface area contributed by atoms with Gasteiger partial charge in [0, 0.05) is 26.2 Å². The maximum absolute atomic E-state index is 12.6. The average molecular weight is 397 g/mol. The second kappa shape index (κ2) is 10.4. The summed E-state index contributed by atoms with van der Waals surface area (Å²) in [5.74, 6) is 0.699. The van der Waals surface area contributed by atoms with Crippen LogP contribution in [0.4, 0.5) is 0 Å². The van der Waals surface area contributed by atoms with Gasteiger partial charge in [-0.05, 0) is 48.6 Å². The third-order valence-corrected chi connectivity index (χ3v) is 5.28. The lowest BCUT2D eigenvalue weighted by Crippen LogP contribution is -2.37. The molecule has 5 heteroatoms. The van der Waals surface area contributed by atoms with E-state index in [1.807, 2.05) is 39.0 Å². The summed E-state index contributed by atoms with van der Waals surface area (Å²) >= 11 is 0. The minimum atomic E-state index is -0.490. The Morgan fingerprint density at radius 3 is 2.48 bits per heavy atom.